The number of rotatable bonds is 12. The zero-order valence-electron chi connectivity index (χ0n) is 16.0. The van der Waals surface area contributed by atoms with Crippen LogP contribution in [0.3, 0.4) is 0 Å². The van der Waals surface area contributed by atoms with Gasteiger partial charge in [-0.25, -0.2) is 0 Å². The average Bonchev–Trinajstić information content (AvgIpc) is 2.67. The highest BCUT2D eigenvalue weighted by Gasteiger charge is 1.99. The molecule has 1 aromatic carbocycles. The van der Waals surface area contributed by atoms with Crippen molar-refractivity contribution in [1.82, 2.24) is 4.98 Å². The van der Waals surface area contributed by atoms with Crippen LogP contribution < -0.4 is 4.74 Å². The van der Waals surface area contributed by atoms with Crippen molar-refractivity contribution in [3.05, 3.63) is 59.4 Å². The summed E-state index contributed by atoms with van der Waals surface area (Å²) in [5.74, 6) is 0.992. The maximum absolute atomic E-state index is 5.85. The molecule has 0 radical (unpaired) electrons. The molecule has 0 unspecified atom stereocenters. The normalized spacial score (nSPS) is 10.8. The second-order valence-corrected chi connectivity index (χ2v) is 6.77. The predicted molar refractivity (Wildman–Crippen MR) is 106 cm³/mol. The molecule has 136 valence electrons. The molecule has 2 heteroatoms. The zero-order valence-corrected chi connectivity index (χ0v) is 16.0. The summed E-state index contributed by atoms with van der Waals surface area (Å²) >= 11 is 0. The molecule has 0 saturated carbocycles. The molecule has 1 heterocycles. The van der Waals surface area contributed by atoms with Gasteiger partial charge in [0.25, 0.3) is 0 Å². The lowest BCUT2D eigenvalue weighted by Crippen LogP contribution is -1.98. The van der Waals surface area contributed by atoms with Gasteiger partial charge in [0.15, 0.2) is 0 Å². The number of ether oxygens (including phenoxy) is 1. The number of aromatic nitrogens is 1. The van der Waals surface area contributed by atoms with E-state index >= 15 is 0 Å². The maximum atomic E-state index is 5.85. The molecule has 0 bridgehead atoms. The Bertz CT molecular complexity index is 574. The van der Waals surface area contributed by atoms with Crippen molar-refractivity contribution >= 4 is 0 Å². The SMILES string of the molecule is CCCCCCCCOc1ccc(CCc2ccc(CC)nc2)cc1. The lowest BCUT2D eigenvalue weighted by molar-refractivity contribution is 0.304. The summed E-state index contributed by atoms with van der Waals surface area (Å²) in [4.78, 5) is 4.47. The molecule has 2 aromatic rings. The van der Waals surface area contributed by atoms with E-state index in [1.165, 1.54) is 43.2 Å². The second kappa shape index (κ2) is 11.7. The van der Waals surface area contributed by atoms with E-state index < -0.39 is 0 Å². The van der Waals surface area contributed by atoms with Gasteiger partial charge in [-0.3, -0.25) is 4.98 Å². The first-order valence-electron chi connectivity index (χ1n) is 9.97. The molecule has 2 nitrogen and oxygen atoms in total. The molecule has 0 aliphatic rings. The van der Waals surface area contributed by atoms with Crippen molar-refractivity contribution in [1.29, 1.82) is 0 Å². The van der Waals surface area contributed by atoms with E-state index in [-0.39, 0.29) is 0 Å². The Morgan fingerprint density at radius 1 is 0.760 bits per heavy atom. The van der Waals surface area contributed by atoms with Gasteiger partial charge in [0.1, 0.15) is 5.75 Å². The Kier molecular flexibility index (Phi) is 9.11. The number of pyridine rings is 1. The number of hydrogen-bond donors (Lipinski definition) is 0. The van der Waals surface area contributed by atoms with E-state index in [9.17, 15) is 0 Å². The summed E-state index contributed by atoms with van der Waals surface area (Å²) in [6.45, 7) is 5.23. The third-order valence-corrected chi connectivity index (χ3v) is 4.64. The third kappa shape index (κ3) is 7.72. The first kappa shape index (κ1) is 19.5. The minimum atomic E-state index is 0.834. The summed E-state index contributed by atoms with van der Waals surface area (Å²) < 4.78 is 5.85. The van der Waals surface area contributed by atoms with Gasteiger partial charge < -0.3 is 4.74 Å². The van der Waals surface area contributed by atoms with Crippen LogP contribution in [0.1, 0.15) is 69.2 Å². The fraction of sp³-hybridized carbons (Fsp3) is 0.522. The van der Waals surface area contributed by atoms with Crippen molar-refractivity contribution in [3.8, 4) is 5.75 Å². The molecule has 0 N–H and O–H groups in total. The molecule has 0 atom stereocenters. The molecule has 2 rings (SSSR count). The van der Waals surface area contributed by atoms with Gasteiger partial charge in [0.2, 0.25) is 0 Å². The number of benzene rings is 1. The molecule has 1 aromatic heterocycles. The molecule has 0 spiro atoms. The lowest BCUT2D eigenvalue weighted by Gasteiger charge is -2.08. The van der Waals surface area contributed by atoms with Gasteiger partial charge in [-0.15, -0.1) is 0 Å². The lowest BCUT2D eigenvalue weighted by atomic mass is 10.1. The Balaban J connectivity index is 1.65. The molecular formula is C23H33NO. The van der Waals surface area contributed by atoms with Gasteiger partial charge in [-0.2, -0.15) is 0 Å². The van der Waals surface area contributed by atoms with E-state index in [0.29, 0.717) is 0 Å². The second-order valence-electron chi connectivity index (χ2n) is 6.77. The monoisotopic (exact) mass is 339 g/mol. The van der Waals surface area contributed by atoms with Crippen molar-refractivity contribution in [2.24, 2.45) is 0 Å². The van der Waals surface area contributed by atoms with Crippen LogP contribution in [0.25, 0.3) is 0 Å². The summed E-state index contributed by atoms with van der Waals surface area (Å²) in [5, 5.41) is 0. The first-order chi connectivity index (χ1) is 12.3. The van der Waals surface area contributed by atoms with Gasteiger partial charge in [0.05, 0.1) is 6.61 Å². The number of aryl methyl sites for hydroxylation is 3. The van der Waals surface area contributed by atoms with E-state index in [0.717, 1.165) is 43.7 Å². The Morgan fingerprint density at radius 2 is 1.44 bits per heavy atom. The smallest absolute Gasteiger partial charge is 0.119 e. The van der Waals surface area contributed by atoms with Crippen molar-refractivity contribution in [3.63, 3.8) is 0 Å². The van der Waals surface area contributed by atoms with Crippen molar-refractivity contribution < 1.29 is 4.74 Å². The van der Waals surface area contributed by atoms with Crippen LogP contribution >= 0.6 is 0 Å². The molecule has 0 amide bonds. The number of nitrogens with zero attached hydrogens (tertiary/aromatic N) is 1. The summed E-state index contributed by atoms with van der Waals surface area (Å²) in [6, 6.07) is 12.9. The fourth-order valence-corrected chi connectivity index (χ4v) is 2.93. The minimum absolute atomic E-state index is 0.834. The maximum Gasteiger partial charge on any atom is 0.119 e. The Hall–Kier alpha value is -1.83. The zero-order chi connectivity index (χ0) is 17.7. The van der Waals surface area contributed by atoms with Crippen LogP contribution in [0.2, 0.25) is 0 Å². The van der Waals surface area contributed by atoms with Crippen LogP contribution in [0.15, 0.2) is 42.6 Å². The van der Waals surface area contributed by atoms with E-state index in [2.05, 4.69) is 55.2 Å². The summed E-state index contributed by atoms with van der Waals surface area (Å²) in [6.07, 6.45) is 12.9. The third-order valence-electron chi connectivity index (χ3n) is 4.64. The topological polar surface area (TPSA) is 22.1 Å². The molecule has 25 heavy (non-hydrogen) atoms. The van der Waals surface area contributed by atoms with Crippen LogP contribution in [0.5, 0.6) is 5.75 Å². The summed E-state index contributed by atoms with van der Waals surface area (Å²) in [5.41, 5.74) is 3.82. The molecule has 0 fully saturated rings. The number of hydrogen-bond acceptors (Lipinski definition) is 2. The first-order valence-corrected chi connectivity index (χ1v) is 9.97. The number of unbranched alkanes of at least 4 members (excludes halogenated alkanes) is 5. The minimum Gasteiger partial charge on any atom is -0.494 e. The van der Waals surface area contributed by atoms with Gasteiger partial charge >= 0.3 is 0 Å². The fourth-order valence-electron chi connectivity index (χ4n) is 2.93. The van der Waals surface area contributed by atoms with Crippen LogP contribution in [-0.2, 0) is 19.3 Å². The highest BCUT2D eigenvalue weighted by Crippen LogP contribution is 2.15. The van der Waals surface area contributed by atoms with Gasteiger partial charge in [-0.05, 0) is 55.0 Å². The molecule has 0 aliphatic carbocycles. The Labute approximate surface area is 153 Å². The van der Waals surface area contributed by atoms with Gasteiger partial charge in [0, 0.05) is 11.9 Å². The quantitative estimate of drug-likeness (QED) is 0.431. The average molecular weight is 340 g/mol. The molecular weight excluding hydrogens is 306 g/mol. The van der Waals surface area contributed by atoms with Crippen LogP contribution in [0.4, 0.5) is 0 Å². The highest BCUT2D eigenvalue weighted by atomic mass is 16.5. The molecule has 0 aliphatic heterocycles. The van der Waals surface area contributed by atoms with Crippen molar-refractivity contribution in [2.75, 3.05) is 6.61 Å². The summed E-state index contributed by atoms with van der Waals surface area (Å²) in [7, 11) is 0. The molecule has 0 saturated heterocycles. The van der Waals surface area contributed by atoms with Crippen LogP contribution in [0, 0.1) is 0 Å². The predicted octanol–water partition coefficient (Wildman–Crippen LogP) is 6.17. The van der Waals surface area contributed by atoms with Gasteiger partial charge in [-0.1, -0.05) is 64.2 Å². The highest BCUT2D eigenvalue weighted by molar-refractivity contribution is 5.28. The van der Waals surface area contributed by atoms with Crippen LogP contribution in [-0.4, -0.2) is 11.6 Å². The van der Waals surface area contributed by atoms with E-state index in [1.807, 2.05) is 6.20 Å². The Morgan fingerprint density at radius 3 is 2.12 bits per heavy atom. The van der Waals surface area contributed by atoms with E-state index in [4.69, 9.17) is 4.74 Å². The van der Waals surface area contributed by atoms with Crippen molar-refractivity contribution in [2.45, 2.75) is 71.6 Å². The standard InChI is InChI=1S/C23H33NO/c1-3-5-6-7-8-9-18-25-23-16-13-20(14-17-23)10-11-21-12-15-22(4-2)24-19-21/h12-17,19H,3-11,18H2,1-2H3. The van der Waals surface area contributed by atoms with E-state index in [1.54, 1.807) is 0 Å². The largest absolute Gasteiger partial charge is 0.494 e.